The third-order valence-corrected chi connectivity index (χ3v) is 4.46. The highest BCUT2D eigenvalue weighted by Gasteiger charge is 2.16. The van der Waals surface area contributed by atoms with E-state index in [1.54, 1.807) is 7.11 Å². The first-order valence-corrected chi connectivity index (χ1v) is 8.83. The minimum atomic E-state index is -0.0774. The van der Waals surface area contributed by atoms with Crippen LogP contribution in [0.15, 0.2) is 42.6 Å². The number of nitrogens with zero attached hydrogens (tertiary/aromatic N) is 2. The average molecular weight is 339 g/mol. The monoisotopic (exact) mass is 339 g/mol. The Kier molecular flexibility index (Phi) is 6.01. The van der Waals surface area contributed by atoms with E-state index in [2.05, 4.69) is 15.2 Å². The molecule has 1 aliphatic rings. The molecule has 1 aromatic carbocycles. The molecule has 1 aromatic heterocycles. The molecule has 132 valence electrons. The Morgan fingerprint density at radius 2 is 2.04 bits per heavy atom. The second-order valence-electron chi connectivity index (χ2n) is 6.35. The van der Waals surface area contributed by atoms with Crippen LogP contribution in [-0.2, 0) is 17.9 Å². The predicted octanol–water partition coefficient (Wildman–Crippen LogP) is 3.15. The molecule has 1 aliphatic heterocycles. The number of nitrogens with one attached hydrogen (secondary N) is 1. The van der Waals surface area contributed by atoms with E-state index in [-0.39, 0.29) is 5.91 Å². The van der Waals surface area contributed by atoms with Crippen molar-refractivity contribution in [3.63, 3.8) is 0 Å². The first kappa shape index (κ1) is 17.4. The number of hydrogen-bond acceptors (Lipinski definition) is 4. The minimum absolute atomic E-state index is 0.0774. The maximum atomic E-state index is 12.5. The van der Waals surface area contributed by atoms with Gasteiger partial charge in [0.25, 0.3) is 5.91 Å². The lowest BCUT2D eigenvalue weighted by Crippen LogP contribution is -2.32. The molecule has 0 unspecified atom stereocenters. The van der Waals surface area contributed by atoms with Crippen molar-refractivity contribution in [1.82, 2.24) is 10.3 Å². The van der Waals surface area contributed by atoms with Gasteiger partial charge in [0.15, 0.2) is 0 Å². The number of anilines is 1. The molecular weight excluding hydrogens is 314 g/mol. The molecule has 0 atom stereocenters. The number of amides is 1. The summed E-state index contributed by atoms with van der Waals surface area (Å²) in [7, 11) is 1.65. The standard InChI is InChI=1S/C20H25N3O2/c1-25-15-16-7-5-8-17(13-16)20(24)22-14-18-9-6-10-21-19(18)23-11-3-2-4-12-23/h5-10,13H,2-4,11-12,14-15H2,1H3,(H,22,24). The minimum Gasteiger partial charge on any atom is -0.380 e. The number of methoxy groups -OCH3 is 1. The first-order chi connectivity index (χ1) is 12.3. The molecule has 2 aromatic rings. The topological polar surface area (TPSA) is 54.5 Å². The van der Waals surface area contributed by atoms with Crippen molar-refractivity contribution in [1.29, 1.82) is 0 Å². The number of carbonyl (C=O) groups excluding carboxylic acids is 1. The van der Waals surface area contributed by atoms with E-state index in [1.807, 2.05) is 42.6 Å². The fraction of sp³-hybridized carbons (Fsp3) is 0.400. The Morgan fingerprint density at radius 3 is 2.84 bits per heavy atom. The molecule has 5 nitrogen and oxygen atoms in total. The maximum absolute atomic E-state index is 12.5. The zero-order valence-electron chi connectivity index (χ0n) is 14.7. The van der Waals surface area contributed by atoms with Crippen LogP contribution in [0.25, 0.3) is 0 Å². The second-order valence-corrected chi connectivity index (χ2v) is 6.35. The van der Waals surface area contributed by atoms with Crippen molar-refractivity contribution >= 4 is 11.7 Å². The number of benzene rings is 1. The molecule has 5 heteroatoms. The molecule has 0 aliphatic carbocycles. The Bertz CT molecular complexity index is 712. The molecule has 25 heavy (non-hydrogen) atoms. The first-order valence-electron chi connectivity index (χ1n) is 8.83. The number of pyridine rings is 1. The molecule has 1 saturated heterocycles. The largest absolute Gasteiger partial charge is 0.380 e. The second kappa shape index (κ2) is 8.62. The Morgan fingerprint density at radius 1 is 1.20 bits per heavy atom. The van der Waals surface area contributed by atoms with Crippen LogP contribution in [0.2, 0.25) is 0 Å². The Hall–Kier alpha value is -2.40. The van der Waals surface area contributed by atoms with Crippen LogP contribution >= 0.6 is 0 Å². The van der Waals surface area contributed by atoms with E-state index in [0.717, 1.165) is 30.0 Å². The highest BCUT2D eigenvalue weighted by atomic mass is 16.5. The van der Waals surface area contributed by atoms with Gasteiger partial charge in [-0.25, -0.2) is 4.98 Å². The van der Waals surface area contributed by atoms with Gasteiger partial charge in [-0.15, -0.1) is 0 Å². The molecular formula is C20H25N3O2. The van der Waals surface area contributed by atoms with Crippen molar-refractivity contribution in [2.24, 2.45) is 0 Å². The molecule has 1 N–H and O–H groups in total. The number of rotatable bonds is 6. The van der Waals surface area contributed by atoms with Crippen molar-refractivity contribution in [3.8, 4) is 0 Å². The van der Waals surface area contributed by atoms with Crippen LogP contribution < -0.4 is 10.2 Å². The number of carbonyl (C=O) groups is 1. The number of hydrogen-bond donors (Lipinski definition) is 1. The van der Waals surface area contributed by atoms with Crippen LogP contribution in [-0.4, -0.2) is 31.1 Å². The van der Waals surface area contributed by atoms with Gasteiger partial charge in [0, 0.05) is 44.1 Å². The van der Waals surface area contributed by atoms with E-state index in [4.69, 9.17) is 4.74 Å². The molecule has 1 amide bonds. The van der Waals surface area contributed by atoms with E-state index < -0.39 is 0 Å². The molecule has 3 rings (SSSR count). The average Bonchev–Trinajstić information content (AvgIpc) is 2.67. The summed E-state index contributed by atoms with van der Waals surface area (Å²) in [5.41, 5.74) is 2.70. The lowest BCUT2D eigenvalue weighted by molar-refractivity contribution is 0.0950. The van der Waals surface area contributed by atoms with E-state index in [9.17, 15) is 4.79 Å². The van der Waals surface area contributed by atoms with Gasteiger partial charge in [0.2, 0.25) is 0 Å². The highest BCUT2D eigenvalue weighted by Crippen LogP contribution is 2.21. The SMILES string of the molecule is COCc1cccc(C(=O)NCc2cccnc2N2CCCCC2)c1. The normalized spacial score (nSPS) is 14.4. The molecule has 2 heterocycles. The molecule has 0 radical (unpaired) electrons. The van der Waals surface area contributed by atoms with Gasteiger partial charge in [-0.2, -0.15) is 0 Å². The quantitative estimate of drug-likeness (QED) is 0.878. The van der Waals surface area contributed by atoms with Gasteiger partial charge in [0.1, 0.15) is 5.82 Å². The summed E-state index contributed by atoms with van der Waals surface area (Å²) < 4.78 is 5.13. The summed E-state index contributed by atoms with van der Waals surface area (Å²) in [6.45, 7) is 3.06. The zero-order chi connectivity index (χ0) is 17.5. The summed E-state index contributed by atoms with van der Waals surface area (Å²) in [6, 6.07) is 11.5. The third kappa shape index (κ3) is 4.57. The molecule has 0 spiro atoms. The van der Waals surface area contributed by atoms with Crippen LogP contribution in [0.4, 0.5) is 5.82 Å². The summed E-state index contributed by atoms with van der Waals surface area (Å²) in [6.07, 6.45) is 5.51. The van der Waals surface area contributed by atoms with Crippen molar-refractivity contribution in [2.45, 2.75) is 32.4 Å². The van der Waals surface area contributed by atoms with Crippen LogP contribution in [0.5, 0.6) is 0 Å². The number of piperidine rings is 1. The van der Waals surface area contributed by atoms with Gasteiger partial charge < -0.3 is 15.0 Å². The molecule has 0 bridgehead atoms. The van der Waals surface area contributed by atoms with Crippen molar-refractivity contribution < 1.29 is 9.53 Å². The van der Waals surface area contributed by atoms with Gasteiger partial charge in [-0.05, 0) is 43.0 Å². The summed E-state index contributed by atoms with van der Waals surface area (Å²) in [5, 5.41) is 3.02. The van der Waals surface area contributed by atoms with E-state index >= 15 is 0 Å². The van der Waals surface area contributed by atoms with E-state index in [1.165, 1.54) is 19.3 Å². The third-order valence-electron chi connectivity index (χ3n) is 4.46. The highest BCUT2D eigenvalue weighted by molar-refractivity contribution is 5.94. The van der Waals surface area contributed by atoms with Crippen LogP contribution in [0.3, 0.4) is 0 Å². The summed E-state index contributed by atoms with van der Waals surface area (Å²) >= 11 is 0. The lowest BCUT2D eigenvalue weighted by atomic mass is 10.1. The fourth-order valence-corrected chi connectivity index (χ4v) is 3.21. The van der Waals surface area contributed by atoms with Crippen molar-refractivity contribution in [2.75, 3.05) is 25.1 Å². The fourth-order valence-electron chi connectivity index (χ4n) is 3.21. The smallest absolute Gasteiger partial charge is 0.251 e. The summed E-state index contributed by atoms with van der Waals surface area (Å²) in [4.78, 5) is 19.3. The van der Waals surface area contributed by atoms with Gasteiger partial charge in [-0.1, -0.05) is 18.2 Å². The van der Waals surface area contributed by atoms with Crippen molar-refractivity contribution in [3.05, 3.63) is 59.3 Å². The summed E-state index contributed by atoms with van der Waals surface area (Å²) in [5.74, 6) is 0.919. The maximum Gasteiger partial charge on any atom is 0.251 e. The van der Waals surface area contributed by atoms with Gasteiger partial charge in [-0.3, -0.25) is 4.79 Å². The number of aromatic nitrogens is 1. The Labute approximate surface area is 149 Å². The molecule has 1 fully saturated rings. The predicted molar refractivity (Wildman–Crippen MR) is 98.6 cm³/mol. The Balaban J connectivity index is 1.67. The van der Waals surface area contributed by atoms with Gasteiger partial charge in [0.05, 0.1) is 6.61 Å². The number of ether oxygens (including phenoxy) is 1. The molecule has 0 saturated carbocycles. The lowest BCUT2D eigenvalue weighted by Gasteiger charge is -2.29. The van der Waals surface area contributed by atoms with Crippen LogP contribution in [0, 0.1) is 0 Å². The van der Waals surface area contributed by atoms with Gasteiger partial charge >= 0.3 is 0 Å². The van der Waals surface area contributed by atoms with Crippen LogP contribution in [0.1, 0.15) is 40.7 Å². The van der Waals surface area contributed by atoms with E-state index in [0.29, 0.717) is 18.7 Å². The zero-order valence-corrected chi connectivity index (χ0v) is 14.7.